The van der Waals surface area contributed by atoms with Gasteiger partial charge in [-0.25, -0.2) is 9.97 Å². The molecule has 6 heteroatoms. The van der Waals surface area contributed by atoms with Crippen molar-refractivity contribution in [1.29, 1.82) is 0 Å². The monoisotopic (exact) mass is 288 g/mol. The van der Waals surface area contributed by atoms with Gasteiger partial charge in [0.1, 0.15) is 11.3 Å². The normalized spacial score (nSPS) is 18.6. The zero-order valence-corrected chi connectivity index (χ0v) is 12.5. The number of methoxy groups -OCH3 is 1. The third kappa shape index (κ3) is 2.63. The van der Waals surface area contributed by atoms with Gasteiger partial charge >= 0.3 is 0 Å². The lowest BCUT2D eigenvalue weighted by Crippen LogP contribution is -2.29. The van der Waals surface area contributed by atoms with E-state index in [9.17, 15) is 4.79 Å². The molecule has 1 fully saturated rings. The highest BCUT2D eigenvalue weighted by Gasteiger charge is 2.29. The molecule has 0 unspecified atom stereocenters. The lowest BCUT2D eigenvalue weighted by Gasteiger charge is -2.18. The average molecular weight is 288 g/mol. The molecule has 2 aromatic heterocycles. The second kappa shape index (κ2) is 5.81. The summed E-state index contributed by atoms with van der Waals surface area (Å²) in [4.78, 5) is 23.0. The number of imidazole rings is 1. The van der Waals surface area contributed by atoms with Gasteiger partial charge < -0.3 is 14.2 Å². The van der Waals surface area contributed by atoms with Crippen LogP contribution in [0.5, 0.6) is 0 Å². The van der Waals surface area contributed by atoms with Crippen molar-refractivity contribution >= 4 is 17.1 Å². The smallest absolute Gasteiger partial charge is 0.224 e. The molecule has 1 aliphatic heterocycles. The van der Waals surface area contributed by atoms with Gasteiger partial charge in [-0.05, 0) is 25.5 Å². The van der Waals surface area contributed by atoms with Gasteiger partial charge in [0.05, 0.1) is 19.1 Å². The summed E-state index contributed by atoms with van der Waals surface area (Å²) in [5.41, 5.74) is 1.82. The summed E-state index contributed by atoms with van der Waals surface area (Å²) in [6.07, 6.45) is 3.18. The van der Waals surface area contributed by atoms with Crippen LogP contribution in [0.15, 0.2) is 18.3 Å². The van der Waals surface area contributed by atoms with E-state index in [1.165, 1.54) is 0 Å². The maximum Gasteiger partial charge on any atom is 0.224 e. The molecule has 3 heterocycles. The van der Waals surface area contributed by atoms with Crippen molar-refractivity contribution in [2.75, 3.05) is 26.8 Å². The predicted molar refractivity (Wildman–Crippen MR) is 79.0 cm³/mol. The van der Waals surface area contributed by atoms with Crippen LogP contribution in [-0.4, -0.2) is 52.1 Å². The van der Waals surface area contributed by atoms with E-state index >= 15 is 0 Å². The van der Waals surface area contributed by atoms with Crippen LogP contribution in [0.3, 0.4) is 0 Å². The maximum absolute atomic E-state index is 12.1. The number of rotatable bonds is 4. The molecule has 0 radical (unpaired) electrons. The number of nitrogens with zero attached hydrogens (tertiary/aromatic N) is 4. The van der Waals surface area contributed by atoms with Crippen LogP contribution in [0, 0.1) is 6.92 Å². The van der Waals surface area contributed by atoms with E-state index in [4.69, 9.17) is 4.74 Å². The molecule has 1 saturated heterocycles. The molecule has 0 N–H and O–H groups in total. The first kappa shape index (κ1) is 14.0. The van der Waals surface area contributed by atoms with E-state index in [1.54, 1.807) is 13.3 Å². The quantitative estimate of drug-likeness (QED) is 0.856. The molecule has 0 aromatic carbocycles. The van der Waals surface area contributed by atoms with Crippen molar-refractivity contribution in [2.45, 2.75) is 25.8 Å². The van der Waals surface area contributed by atoms with Gasteiger partial charge in [0.2, 0.25) is 5.91 Å². The highest BCUT2D eigenvalue weighted by atomic mass is 16.5. The zero-order valence-electron chi connectivity index (χ0n) is 12.5. The number of aromatic nitrogens is 3. The molecule has 2 aromatic rings. The molecule has 0 spiro atoms. The molecular formula is C15H20N4O2. The lowest BCUT2D eigenvalue weighted by atomic mass is 10.2. The number of pyridine rings is 1. The first-order chi connectivity index (χ1) is 10.2. The van der Waals surface area contributed by atoms with Gasteiger partial charge in [-0.1, -0.05) is 0 Å². The van der Waals surface area contributed by atoms with Crippen molar-refractivity contribution in [3.05, 3.63) is 24.2 Å². The van der Waals surface area contributed by atoms with E-state index in [1.807, 2.05) is 24.0 Å². The first-order valence-electron chi connectivity index (χ1n) is 7.27. The second-order valence-electron chi connectivity index (χ2n) is 5.40. The molecule has 3 rings (SSSR count). The number of hydrogen-bond acceptors (Lipinski definition) is 4. The Morgan fingerprint density at radius 1 is 1.52 bits per heavy atom. The number of amides is 1. The van der Waals surface area contributed by atoms with Crippen LogP contribution >= 0.6 is 0 Å². The first-order valence-corrected chi connectivity index (χ1v) is 7.27. The standard InChI is InChI=1S/C15H20N4O2/c1-11-17-13-4-3-7-16-15(13)19(11)12-5-8-18(10-12)14(20)6-9-21-2/h3-4,7,12H,5-6,8-10H2,1-2H3/t12-/m1/s1. The number of ether oxygens (including phenoxy) is 1. The largest absolute Gasteiger partial charge is 0.384 e. The number of fused-ring (bicyclic) bond motifs is 1. The molecule has 0 saturated carbocycles. The molecule has 1 aliphatic rings. The van der Waals surface area contributed by atoms with Crippen LogP contribution in [0.2, 0.25) is 0 Å². The fourth-order valence-electron chi connectivity index (χ4n) is 3.01. The second-order valence-corrected chi connectivity index (χ2v) is 5.40. The maximum atomic E-state index is 12.1. The van der Waals surface area contributed by atoms with E-state index in [2.05, 4.69) is 14.5 Å². The number of hydrogen-bond donors (Lipinski definition) is 0. The summed E-state index contributed by atoms with van der Waals surface area (Å²) in [6.45, 7) is 4.00. The van der Waals surface area contributed by atoms with Crippen molar-refractivity contribution in [2.24, 2.45) is 0 Å². The topological polar surface area (TPSA) is 60.2 Å². The molecule has 6 nitrogen and oxygen atoms in total. The SMILES string of the molecule is COCCC(=O)N1CC[C@@H](n2c(C)nc3cccnc32)C1. The van der Waals surface area contributed by atoms with Crippen molar-refractivity contribution in [3.8, 4) is 0 Å². The number of likely N-dealkylation sites (tertiary alicyclic amines) is 1. The predicted octanol–water partition coefficient (Wildman–Crippen LogP) is 1.55. The van der Waals surface area contributed by atoms with Crippen molar-refractivity contribution in [1.82, 2.24) is 19.4 Å². The van der Waals surface area contributed by atoms with Gasteiger partial charge in [0.25, 0.3) is 0 Å². The van der Waals surface area contributed by atoms with Crippen LogP contribution in [0.25, 0.3) is 11.2 Å². The summed E-state index contributed by atoms with van der Waals surface area (Å²) in [5.74, 6) is 1.12. The third-order valence-electron chi connectivity index (χ3n) is 4.03. The van der Waals surface area contributed by atoms with Gasteiger partial charge in [0, 0.05) is 26.4 Å². The highest BCUT2D eigenvalue weighted by Crippen LogP contribution is 2.27. The van der Waals surface area contributed by atoms with Gasteiger partial charge in [-0.15, -0.1) is 0 Å². The summed E-state index contributed by atoms with van der Waals surface area (Å²) in [7, 11) is 1.62. The number of carbonyl (C=O) groups is 1. The highest BCUT2D eigenvalue weighted by molar-refractivity contribution is 5.77. The van der Waals surface area contributed by atoms with Gasteiger partial charge in [-0.3, -0.25) is 4.79 Å². The van der Waals surface area contributed by atoms with Gasteiger partial charge in [0.15, 0.2) is 5.65 Å². The number of aryl methyl sites for hydroxylation is 1. The Labute approximate surface area is 123 Å². The minimum atomic E-state index is 0.161. The minimum absolute atomic E-state index is 0.161. The molecule has 1 atom stereocenters. The Balaban J connectivity index is 1.79. The van der Waals surface area contributed by atoms with E-state index in [-0.39, 0.29) is 11.9 Å². The Kier molecular flexibility index (Phi) is 3.88. The van der Waals surface area contributed by atoms with E-state index in [0.29, 0.717) is 13.0 Å². The lowest BCUT2D eigenvalue weighted by molar-refractivity contribution is -0.131. The van der Waals surface area contributed by atoms with Gasteiger partial charge in [-0.2, -0.15) is 0 Å². The summed E-state index contributed by atoms with van der Waals surface area (Å²) < 4.78 is 7.14. The van der Waals surface area contributed by atoms with Crippen LogP contribution in [0.4, 0.5) is 0 Å². The Morgan fingerprint density at radius 2 is 2.38 bits per heavy atom. The summed E-state index contributed by atoms with van der Waals surface area (Å²) >= 11 is 0. The van der Waals surface area contributed by atoms with Crippen LogP contribution in [0.1, 0.15) is 24.7 Å². The zero-order chi connectivity index (χ0) is 14.8. The Hall–Kier alpha value is -1.95. The Morgan fingerprint density at radius 3 is 3.19 bits per heavy atom. The van der Waals surface area contributed by atoms with Crippen molar-refractivity contribution in [3.63, 3.8) is 0 Å². The van der Waals surface area contributed by atoms with E-state index < -0.39 is 0 Å². The molecular weight excluding hydrogens is 268 g/mol. The van der Waals surface area contributed by atoms with Crippen LogP contribution < -0.4 is 0 Å². The minimum Gasteiger partial charge on any atom is -0.384 e. The van der Waals surface area contributed by atoms with E-state index in [0.717, 1.165) is 36.5 Å². The molecule has 1 amide bonds. The summed E-state index contributed by atoms with van der Waals surface area (Å²) in [5, 5.41) is 0. The fraction of sp³-hybridized carbons (Fsp3) is 0.533. The number of carbonyl (C=O) groups excluding carboxylic acids is 1. The summed E-state index contributed by atoms with van der Waals surface area (Å²) in [6, 6.07) is 4.13. The molecule has 0 bridgehead atoms. The third-order valence-corrected chi connectivity index (χ3v) is 4.03. The molecule has 0 aliphatic carbocycles. The fourth-order valence-corrected chi connectivity index (χ4v) is 3.01. The molecule has 21 heavy (non-hydrogen) atoms. The molecule has 112 valence electrons. The Bertz CT molecular complexity index is 652. The average Bonchev–Trinajstić information content (AvgIpc) is 3.07. The van der Waals surface area contributed by atoms with Crippen LogP contribution in [-0.2, 0) is 9.53 Å². The van der Waals surface area contributed by atoms with Crippen molar-refractivity contribution < 1.29 is 9.53 Å².